The summed E-state index contributed by atoms with van der Waals surface area (Å²) in [5.41, 5.74) is 0.703. The summed E-state index contributed by atoms with van der Waals surface area (Å²) < 4.78 is 46.7. The van der Waals surface area contributed by atoms with Crippen molar-refractivity contribution in [2.45, 2.75) is 51.9 Å². The molecule has 0 radical (unpaired) electrons. The molecular formula is C33H39FN2O9. The van der Waals surface area contributed by atoms with E-state index in [1.54, 1.807) is 38.3 Å². The summed E-state index contributed by atoms with van der Waals surface area (Å²) in [6, 6.07) is 15.7. The molecule has 0 saturated carbocycles. The first-order chi connectivity index (χ1) is 21.6. The number of hydrogen-bond donors (Lipinski definition) is 1. The van der Waals surface area contributed by atoms with Crippen LogP contribution in [0.2, 0.25) is 0 Å². The molecule has 3 aromatic rings. The van der Waals surface area contributed by atoms with Gasteiger partial charge in [-0.15, -0.1) is 0 Å². The summed E-state index contributed by atoms with van der Waals surface area (Å²) in [6.45, 7) is 4.35. The first kappa shape index (κ1) is 34.8. The Morgan fingerprint density at radius 1 is 0.978 bits per heavy atom. The lowest BCUT2D eigenvalue weighted by atomic mass is 9.88. The van der Waals surface area contributed by atoms with Crippen molar-refractivity contribution in [2.75, 3.05) is 27.6 Å². The average molecular weight is 627 g/mol. The molecule has 1 N–H and O–H groups in total. The molecule has 45 heavy (non-hydrogen) atoms. The van der Waals surface area contributed by atoms with Gasteiger partial charge in [0.25, 0.3) is 5.91 Å². The third kappa shape index (κ3) is 10.8. The molecule has 0 spiro atoms. The highest BCUT2D eigenvalue weighted by molar-refractivity contribution is 5.98. The first-order valence-corrected chi connectivity index (χ1v) is 14.4. The zero-order valence-corrected chi connectivity index (χ0v) is 26.0. The number of carbonyl (C=O) groups is 3. The summed E-state index contributed by atoms with van der Waals surface area (Å²) in [7, 11) is 2.97. The van der Waals surface area contributed by atoms with Crippen molar-refractivity contribution in [3.8, 4) is 17.2 Å². The Labute approximate surface area is 261 Å². The minimum atomic E-state index is -1.10. The molecule has 11 nitrogen and oxygen atoms in total. The fraction of sp³-hybridized carbons (Fsp3) is 0.394. The minimum absolute atomic E-state index is 0.0641. The van der Waals surface area contributed by atoms with Crippen LogP contribution in [-0.4, -0.2) is 68.7 Å². The highest BCUT2D eigenvalue weighted by Crippen LogP contribution is 2.30. The number of hydrogen-bond acceptors (Lipinski definition) is 10. The van der Waals surface area contributed by atoms with Gasteiger partial charge >= 0.3 is 11.9 Å². The number of nitrogens with zero attached hydrogens (tertiary/aromatic N) is 1. The fourth-order valence-electron chi connectivity index (χ4n) is 4.55. The molecule has 3 rings (SSSR count). The Morgan fingerprint density at radius 2 is 1.69 bits per heavy atom. The summed E-state index contributed by atoms with van der Waals surface area (Å²) in [5, 5.41) is 2.57. The van der Waals surface area contributed by atoms with Crippen molar-refractivity contribution in [2.24, 2.45) is 5.92 Å². The van der Waals surface area contributed by atoms with Crippen molar-refractivity contribution in [3.63, 3.8) is 0 Å². The third-order valence-corrected chi connectivity index (χ3v) is 6.82. The van der Waals surface area contributed by atoms with Gasteiger partial charge in [0.15, 0.2) is 17.2 Å². The van der Waals surface area contributed by atoms with Crippen molar-refractivity contribution < 1.29 is 47.2 Å². The number of para-hydroxylation sites is 1. The van der Waals surface area contributed by atoms with E-state index >= 15 is 0 Å². The Balaban J connectivity index is 1.78. The Bertz CT molecular complexity index is 1390. The van der Waals surface area contributed by atoms with Gasteiger partial charge in [-0.2, -0.15) is 0 Å². The molecule has 0 saturated heterocycles. The molecule has 0 fully saturated rings. The summed E-state index contributed by atoms with van der Waals surface area (Å²) in [4.78, 5) is 41.7. The van der Waals surface area contributed by atoms with Crippen LogP contribution in [-0.2, 0) is 30.2 Å². The molecule has 1 amide bonds. The van der Waals surface area contributed by atoms with E-state index in [-0.39, 0.29) is 28.9 Å². The maximum atomic E-state index is 13.6. The van der Waals surface area contributed by atoms with Gasteiger partial charge in [-0.3, -0.25) is 9.59 Å². The number of halogens is 1. The highest BCUT2D eigenvalue weighted by atomic mass is 19.1. The molecule has 0 aliphatic rings. The maximum absolute atomic E-state index is 13.6. The van der Waals surface area contributed by atoms with Gasteiger partial charge in [-0.25, -0.2) is 14.2 Å². The average Bonchev–Trinajstić information content (AvgIpc) is 3.03. The van der Waals surface area contributed by atoms with Crippen LogP contribution < -0.4 is 19.5 Å². The van der Waals surface area contributed by atoms with Gasteiger partial charge in [-0.05, 0) is 56.5 Å². The van der Waals surface area contributed by atoms with Crippen molar-refractivity contribution >= 4 is 17.8 Å². The van der Waals surface area contributed by atoms with Crippen LogP contribution in [0, 0.1) is 11.7 Å². The van der Waals surface area contributed by atoms with E-state index in [0.29, 0.717) is 25.2 Å². The van der Waals surface area contributed by atoms with Crippen LogP contribution >= 0.6 is 0 Å². The van der Waals surface area contributed by atoms with E-state index in [1.165, 1.54) is 45.4 Å². The smallest absolute Gasteiger partial charge is 0.328 e. The lowest BCUT2D eigenvalue weighted by Gasteiger charge is -2.33. The summed E-state index contributed by atoms with van der Waals surface area (Å²) >= 11 is 0. The number of nitrogens with one attached hydrogen (secondary N) is 1. The number of aromatic nitrogens is 1. The number of esters is 2. The monoisotopic (exact) mass is 626 g/mol. The van der Waals surface area contributed by atoms with E-state index in [2.05, 4.69) is 10.3 Å². The normalized spacial score (nSPS) is 13.5. The summed E-state index contributed by atoms with van der Waals surface area (Å²) in [5.74, 6) is -1.87. The molecule has 4 atom stereocenters. The first-order valence-electron chi connectivity index (χ1n) is 14.4. The van der Waals surface area contributed by atoms with Crippen LogP contribution in [0.4, 0.5) is 4.39 Å². The second kappa shape index (κ2) is 17.6. The zero-order chi connectivity index (χ0) is 32.8. The van der Waals surface area contributed by atoms with Gasteiger partial charge in [0.2, 0.25) is 6.79 Å². The lowest BCUT2D eigenvalue weighted by Crippen LogP contribution is -2.45. The van der Waals surface area contributed by atoms with Crippen LogP contribution in [0.1, 0.15) is 43.2 Å². The molecule has 12 heteroatoms. The van der Waals surface area contributed by atoms with Crippen LogP contribution in [0.25, 0.3) is 0 Å². The molecule has 1 heterocycles. The quantitative estimate of drug-likeness (QED) is 0.169. The fourth-order valence-corrected chi connectivity index (χ4v) is 4.55. The molecule has 0 bridgehead atoms. The molecule has 0 unspecified atom stereocenters. The second-order valence-corrected chi connectivity index (χ2v) is 10.2. The third-order valence-electron chi connectivity index (χ3n) is 6.82. The van der Waals surface area contributed by atoms with E-state index in [1.807, 2.05) is 18.2 Å². The SMILES string of the molecule is COCC[C@H](Cc1ccc(F)cc1)[C@@H](Oc1ccccc1)[C@H](C)OC(=O)[C@H](C)NC(=O)c1nccc(OC)c1OCOC(C)=O. The molecule has 242 valence electrons. The number of ether oxygens (including phenoxy) is 6. The van der Waals surface area contributed by atoms with Crippen LogP contribution in [0.15, 0.2) is 66.9 Å². The summed E-state index contributed by atoms with van der Waals surface area (Å²) in [6.07, 6.45) is 1.02. The molecule has 2 aromatic carbocycles. The Morgan fingerprint density at radius 3 is 2.33 bits per heavy atom. The largest absolute Gasteiger partial charge is 0.493 e. The lowest BCUT2D eigenvalue weighted by molar-refractivity contribution is -0.156. The van der Waals surface area contributed by atoms with E-state index in [0.717, 1.165) is 5.56 Å². The van der Waals surface area contributed by atoms with Crippen LogP contribution in [0.5, 0.6) is 17.2 Å². The van der Waals surface area contributed by atoms with Crippen molar-refractivity contribution in [1.82, 2.24) is 10.3 Å². The number of benzene rings is 2. The number of amides is 1. The Kier molecular flexibility index (Phi) is 13.6. The van der Waals surface area contributed by atoms with Gasteiger partial charge in [0, 0.05) is 38.8 Å². The van der Waals surface area contributed by atoms with E-state index in [9.17, 15) is 18.8 Å². The molecule has 1 aromatic heterocycles. The Hall–Kier alpha value is -4.71. The van der Waals surface area contributed by atoms with Crippen LogP contribution in [0.3, 0.4) is 0 Å². The minimum Gasteiger partial charge on any atom is -0.493 e. The highest BCUT2D eigenvalue weighted by Gasteiger charge is 2.33. The van der Waals surface area contributed by atoms with E-state index in [4.69, 9.17) is 28.4 Å². The topological polar surface area (TPSA) is 132 Å². The standard InChI is InChI=1S/C33H39FN2O9/c1-21(36-32(38)29-31(43-20-42-23(3)37)28(41-5)15-17-35-29)33(39)44-22(2)30(45-27-9-7-6-8-10-27)25(16-18-40-4)19-24-11-13-26(34)14-12-24/h6-15,17,21-22,25,30H,16,18-20H2,1-5H3,(H,36,38)/t21-,22-,25+,30-/m0/s1. The molecule has 0 aliphatic carbocycles. The van der Waals surface area contributed by atoms with Crippen molar-refractivity contribution in [1.29, 1.82) is 0 Å². The van der Waals surface area contributed by atoms with Gasteiger partial charge < -0.3 is 33.7 Å². The number of pyridine rings is 1. The molecular weight excluding hydrogens is 587 g/mol. The van der Waals surface area contributed by atoms with Crippen molar-refractivity contribution in [3.05, 3.63) is 83.9 Å². The predicted molar refractivity (Wildman–Crippen MR) is 161 cm³/mol. The number of rotatable bonds is 17. The maximum Gasteiger partial charge on any atom is 0.328 e. The molecule has 0 aliphatic heterocycles. The van der Waals surface area contributed by atoms with Gasteiger partial charge in [-0.1, -0.05) is 30.3 Å². The predicted octanol–water partition coefficient (Wildman–Crippen LogP) is 4.52. The number of carbonyl (C=O) groups excluding carboxylic acids is 3. The second-order valence-electron chi connectivity index (χ2n) is 10.2. The zero-order valence-electron chi connectivity index (χ0n) is 26.0. The number of methoxy groups -OCH3 is 2. The van der Waals surface area contributed by atoms with Gasteiger partial charge in [0.1, 0.15) is 29.8 Å². The van der Waals surface area contributed by atoms with Gasteiger partial charge in [0.05, 0.1) is 7.11 Å². The van der Waals surface area contributed by atoms with E-state index < -0.39 is 42.9 Å².